The molecule has 0 saturated carbocycles. The molecule has 4 nitrogen and oxygen atoms in total. The van der Waals surface area contributed by atoms with Gasteiger partial charge in [0, 0.05) is 11.9 Å². The van der Waals surface area contributed by atoms with Crippen LogP contribution in [0, 0.1) is 11.7 Å². The van der Waals surface area contributed by atoms with Crippen molar-refractivity contribution in [2.45, 2.75) is 26.8 Å². The molecule has 1 N–H and O–H groups in total. The minimum absolute atomic E-state index is 0.597. The zero-order valence-electron chi connectivity index (χ0n) is 8.78. The lowest BCUT2D eigenvalue weighted by Crippen LogP contribution is -2.03. The van der Waals surface area contributed by atoms with Crippen LogP contribution in [-0.2, 0) is 13.0 Å². The lowest BCUT2D eigenvalue weighted by molar-refractivity contribution is 0.453. The Morgan fingerprint density at radius 1 is 1.60 bits per heavy atom. The largest absolute Gasteiger partial charge is 0.444 e. The molecule has 0 aliphatic carbocycles. The highest BCUT2D eigenvalue weighted by atomic mass is 32.1. The van der Waals surface area contributed by atoms with Crippen LogP contribution in [0.4, 0.5) is 0 Å². The Hall–Kier alpha value is -1.36. The van der Waals surface area contributed by atoms with Gasteiger partial charge in [-0.15, -0.1) is 0 Å². The number of rotatable bonds is 3. The van der Waals surface area contributed by atoms with Gasteiger partial charge in [0.05, 0.1) is 6.20 Å². The molecule has 0 spiro atoms. The minimum Gasteiger partial charge on any atom is -0.444 e. The summed E-state index contributed by atoms with van der Waals surface area (Å²) in [7, 11) is 0. The molecule has 0 atom stereocenters. The van der Waals surface area contributed by atoms with Crippen molar-refractivity contribution in [2.24, 2.45) is 0 Å². The molecule has 2 aromatic rings. The highest BCUT2D eigenvalue weighted by molar-refractivity contribution is 7.71. The van der Waals surface area contributed by atoms with E-state index in [0.717, 1.165) is 17.9 Å². The molecular formula is C10H13N3OS. The second-order valence-electron chi connectivity index (χ2n) is 3.39. The Morgan fingerprint density at radius 2 is 2.40 bits per heavy atom. The summed E-state index contributed by atoms with van der Waals surface area (Å²) in [4.78, 5) is 7.18. The number of hydrogen-bond acceptors (Lipinski definition) is 3. The van der Waals surface area contributed by atoms with E-state index in [1.165, 1.54) is 0 Å². The highest BCUT2D eigenvalue weighted by Crippen LogP contribution is 2.08. The molecule has 2 rings (SSSR count). The zero-order chi connectivity index (χ0) is 10.8. The molecule has 0 aromatic carbocycles. The molecular weight excluding hydrogens is 210 g/mol. The lowest BCUT2D eigenvalue weighted by Gasteiger charge is -2.02. The first-order valence-electron chi connectivity index (χ1n) is 4.89. The molecule has 2 aromatic heterocycles. The third-order valence-electron chi connectivity index (χ3n) is 2.28. The number of nitrogens with one attached hydrogen (secondary N) is 1. The molecule has 15 heavy (non-hydrogen) atoms. The minimum atomic E-state index is 0.597. The van der Waals surface area contributed by atoms with Gasteiger partial charge in [-0.05, 0) is 25.6 Å². The third-order valence-corrected chi connectivity index (χ3v) is 2.62. The Kier molecular flexibility index (Phi) is 2.73. The summed E-state index contributed by atoms with van der Waals surface area (Å²) in [6.45, 7) is 4.57. The smallest absolute Gasteiger partial charge is 0.214 e. The van der Waals surface area contributed by atoms with Crippen LogP contribution in [-0.4, -0.2) is 14.5 Å². The van der Waals surface area contributed by atoms with Crippen molar-refractivity contribution in [3.8, 4) is 0 Å². The number of aromatic amines is 1. The fourth-order valence-corrected chi connectivity index (χ4v) is 1.75. The van der Waals surface area contributed by atoms with Gasteiger partial charge in [-0.2, -0.15) is 0 Å². The van der Waals surface area contributed by atoms with Crippen LogP contribution in [0.25, 0.3) is 0 Å². The van der Waals surface area contributed by atoms with Crippen molar-refractivity contribution in [2.75, 3.05) is 0 Å². The molecule has 0 bridgehead atoms. The van der Waals surface area contributed by atoms with Gasteiger partial charge in [0.2, 0.25) is 5.89 Å². The van der Waals surface area contributed by atoms with Gasteiger partial charge in [-0.25, -0.2) is 4.98 Å². The van der Waals surface area contributed by atoms with E-state index < -0.39 is 0 Å². The quantitative estimate of drug-likeness (QED) is 0.813. The van der Waals surface area contributed by atoms with E-state index in [9.17, 15) is 0 Å². The summed E-state index contributed by atoms with van der Waals surface area (Å²) < 4.78 is 8.13. The summed E-state index contributed by atoms with van der Waals surface area (Å²) in [5.74, 6) is 1.52. The van der Waals surface area contributed by atoms with Crippen LogP contribution in [0.3, 0.4) is 0 Å². The monoisotopic (exact) mass is 223 g/mol. The van der Waals surface area contributed by atoms with E-state index >= 15 is 0 Å². The van der Waals surface area contributed by atoms with Crippen molar-refractivity contribution >= 4 is 12.2 Å². The van der Waals surface area contributed by atoms with E-state index in [4.69, 9.17) is 16.6 Å². The third kappa shape index (κ3) is 2.02. The van der Waals surface area contributed by atoms with Crippen molar-refractivity contribution in [3.05, 3.63) is 34.5 Å². The number of H-pyrrole nitrogens is 1. The maximum Gasteiger partial charge on any atom is 0.214 e. The fraction of sp³-hybridized carbons (Fsp3) is 0.400. The van der Waals surface area contributed by atoms with Gasteiger partial charge in [0.15, 0.2) is 4.77 Å². The van der Waals surface area contributed by atoms with Crippen molar-refractivity contribution < 1.29 is 4.42 Å². The Bertz CT molecular complexity index is 509. The standard InChI is InChI=1S/C10H13N3OS/c1-3-8-5-12-10(15)13(8)6-9-11-4-7(2)14-9/h4-5H,3,6H2,1-2H3,(H,12,15). The Labute approximate surface area is 93.0 Å². The number of aromatic nitrogens is 3. The Morgan fingerprint density at radius 3 is 3.00 bits per heavy atom. The van der Waals surface area contributed by atoms with E-state index in [0.29, 0.717) is 17.2 Å². The lowest BCUT2D eigenvalue weighted by atomic mass is 10.3. The van der Waals surface area contributed by atoms with E-state index in [1.54, 1.807) is 6.20 Å². The Balaban J connectivity index is 2.31. The zero-order valence-corrected chi connectivity index (χ0v) is 9.60. The second kappa shape index (κ2) is 4.02. The average molecular weight is 223 g/mol. The van der Waals surface area contributed by atoms with Crippen molar-refractivity contribution in [3.63, 3.8) is 0 Å². The first-order valence-corrected chi connectivity index (χ1v) is 5.30. The molecule has 0 amide bonds. The molecule has 0 aliphatic heterocycles. The van der Waals surface area contributed by atoms with Gasteiger partial charge in [0.25, 0.3) is 0 Å². The number of aryl methyl sites for hydroxylation is 2. The highest BCUT2D eigenvalue weighted by Gasteiger charge is 2.06. The van der Waals surface area contributed by atoms with Gasteiger partial charge in [0.1, 0.15) is 12.3 Å². The molecule has 2 heterocycles. The van der Waals surface area contributed by atoms with E-state index in [-0.39, 0.29) is 0 Å². The topological polar surface area (TPSA) is 46.8 Å². The predicted molar refractivity (Wildman–Crippen MR) is 59.3 cm³/mol. The van der Waals surface area contributed by atoms with Crippen LogP contribution >= 0.6 is 12.2 Å². The molecule has 5 heteroatoms. The SMILES string of the molecule is CCc1c[nH]c(=S)n1Cc1ncc(C)o1. The molecule has 0 unspecified atom stereocenters. The second-order valence-corrected chi connectivity index (χ2v) is 3.78. The first kappa shape index (κ1) is 10.2. The first-order chi connectivity index (χ1) is 7.20. The normalized spacial score (nSPS) is 10.8. The summed E-state index contributed by atoms with van der Waals surface area (Å²) in [5, 5.41) is 0. The van der Waals surface area contributed by atoms with Gasteiger partial charge in [-0.1, -0.05) is 6.92 Å². The van der Waals surface area contributed by atoms with Crippen molar-refractivity contribution in [1.29, 1.82) is 0 Å². The summed E-state index contributed by atoms with van der Waals surface area (Å²) in [5.41, 5.74) is 1.16. The fourth-order valence-electron chi connectivity index (χ4n) is 1.51. The average Bonchev–Trinajstić information content (AvgIpc) is 2.76. The van der Waals surface area contributed by atoms with Gasteiger partial charge >= 0.3 is 0 Å². The molecule has 0 aliphatic rings. The molecule has 80 valence electrons. The maximum atomic E-state index is 5.42. The summed E-state index contributed by atoms with van der Waals surface area (Å²) in [6, 6.07) is 0. The van der Waals surface area contributed by atoms with Crippen LogP contribution in [0.5, 0.6) is 0 Å². The molecule has 0 radical (unpaired) electrons. The summed E-state index contributed by atoms with van der Waals surface area (Å²) in [6.07, 6.45) is 4.59. The van der Waals surface area contributed by atoms with E-state index in [1.807, 2.05) is 17.7 Å². The van der Waals surface area contributed by atoms with Crippen LogP contribution in [0.1, 0.15) is 24.3 Å². The van der Waals surface area contributed by atoms with Gasteiger partial charge < -0.3 is 14.0 Å². The number of nitrogens with zero attached hydrogens (tertiary/aromatic N) is 2. The predicted octanol–water partition coefficient (Wildman–Crippen LogP) is 2.45. The van der Waals surface area contributed by atoms with Crippen LogP contribution in [0.2, 0.25) is 0 Å². The van der Waals surface area contributed by atoms with Crippen molar-refractivity contribution in [1.82, 2.24) is 14.5 Å². The summed E-state index contributed by atoms with van der Waals surface area (Å²) >= 11 is 5.18. The van der Waals surface area contributed by atoms with Gasteiger partial charge in [-0.3, -0.25) is 0 Å². The molecule has 0 saturated heterocycles. The number of hydrogen-bond donors (Lipinski definition) is 1. The van der Waals surface area contributed by atoms with Crippen LogP contribution in [0.15, 0.2) is 16.8 Å². The molecule has 0 fully saturated rings. The van der Waals surface area contributed by atoms with E-state index in [2.05, 4.69) is 16.9 Å². The number of imidazole rings is 1. The van der Waals surface area contributed by atoms with Crippen LogP contribution < -0.4 is 0 Å². The number of oxazole rings is 1. The maximum absolute atomic E-state index is 5.42.